The number of hydrogen-bond donors (Lipinski definition) is 0. The van der Waals surface area contributed by atoms with E-state index in [0.29, 0.717) is 24.5 Å². The Balaban J connectivity index is 2.24. The number of carbonyl (C=O) groups is 1. The normalized spacial score (nSPS) is 15.9. The zero-order chi connectivity index (χ0) is 10.8. The van der Waals surface area contributed by atoms with Crippen LogP contribution >= 0.6 is 15.9 Å². The largest absolute Gasteiger partial charge is 0.496 e. The molecule has 2 rings (SSSR count). The number of benzene rings is 1. The number of ether oxygens (including phenoxy) is 2. The zero-order valence-electron chi connectivity index (χ0n) is 8.33. The Morgan fingerprint density at radius 3 is 2.80 bits per heavy atom. The summed E-state index contributed by atoms with van der Waals surface area (Å²) in [4.78, 5) is 11.9. The molecule has 1 aromatic rings. The summed E-state index contributed by atoms with van der Waals surface area (Å²) in [5.74, 6) is 0.837. The molecule has 0 unspecified atom stereocenters. The van der Waals surface area contributed by atoms with Crippen LogP contribution in [0.4, 0.5) is 0 Å². The highest BCUT2D eigenvalue weighted by Gasteiger charge is 2.27. The number of rotatable bonds is 3. The Kier molecular flexibility index (Phi) is 3.07. The van der Waals surface area contributed by atoms with Crippen LogP contribution in [-0.2, 0) is 4.74 Å². The van der Waals surface area contributed by atoms with Crippen molar-refractivity contribution in [3.05, 3.63) is 28.2 Å². The molecule has 0 N–H and O–H groups in total. The molecule has 0 spiro atoms. The second-order valence-corrected chi connectivity index (χ2v) is 4.30. The molecule has 1 fully saturated rings. The minimum Gasteiger partial charge on any atom is -0.496 e. The maximum absolute atomic E-state index is 11.9. The maximum Gasteiger partial charge on any atom is 0.170 e. The fourth-order valence-electron chi connectivity index (χ4n) is 1.44. The lowest BCUT2D eigenvalue weighted by Crippen LogP contribution is -2.34. The molecule has 80 valence electrons. The van der Waals surface area contributed by atoms with Crippen LogP contribution in [0.1, 0.15) is 10.4 Å². The zero-order valence-corrected chi connectivity index (χ0v) is 9.91. The number of Topliss-reactive ketones (excluding diaryl/α,β-unsaturated/α-hetero) is 1. The molecule has 4 heteroatoms. The highest BCUT2D eigenvalue weighted by Crippen LogP contribution is 2.27. The highest BCUT2D eigenvalue weighted by molar-refractivity contribution is 9.10. The summed E-state index contributed by atoms with van der Waals surface area (Å²) in [6.07, 6.45) is 0. The van der Waals surface area contributed by atoms with Crippen LogP contribution in [-0.4, -0.2) is 26.1 Å². The van der Waals surface area contributed by atoms with Gasteiger partial charge in [-0.25, -0.2) is 0 Å². The molecule has 1 heterocycles. The van der Waals surface area contributed by atoms with Gasteiger partial charge in [0, 0.05) is 5.56 Å². The first kappa shape index (κ1) is 10.6. The van der Waals surface area contributed by atoms with Crippen molar-refractivity contribution in [2.24, 2.45) is 5.92 Å². The second kappa shape index (κ2) is 4.33. The standard InChI is InChI=1S/C11H11BrO3/c1-14-10-4-7(2-3-9(10)12)11(13)8-5-15-6-8/h2-4,8H,5-6H2,1H3. The molecule has 0 amide bonds. The molecule has 1 saturated heterocycles. The van der Waals surface area contributed by atoms with Gasteiger partial charge < -0.3 is 9.47 Å². The van der Waals surface area contributed by atoms with Crippen LogP contribution in [0, 0.1) is 5.92 Å². The molecular weight excluding hydrogens is 260 g/mol. The topological polar surface area (TPSA) is 35.5 Å². The lowest BCUT2D eigenvalue weighted by atomic mass is 9.96. The predicted molar refractivity (Wildman–Crippen MR) is 59.3 cm³/mol. The summed E-state index contributed by atoms with van der Waals surface area (Å²) in [7, 11) is 1.58. The van der Waals surface area contributed by atoms with Gasteiger partial charge >= 0.3 is 0 Å². The van der Waals surface area contributed by atoms with Gasteiger partial charge in [0.25, 0.3) is 0 Å². The first-order chi connectivity index (χ1) is 7.22. The van der Waals surface area contributed by atoms with Crippen molar-refractivity contribution >= 4 is 21.7 Å². The minimum atomic E-state index is 0.0240. The molecule has 15 heavy (non-hydrogen) atoms. The van der Waals surface area contributed by atoms with Crippen LogP contribution in [0.25, 0.3) is 0 Å². The number of hydrogen-bond acceptors (Lipinski definition) is 3. The van der Waals surface area contributed by atoms with E-state index < -0.39 is 0 Å². The molecule has 0 saturated carbocycles. The highest BCUT2D eigenvalue weighted by atomic mass is 79.9. The third-order valence-electron chi connectivity index (χ3n) is 2.44. The second-order valence-electron chi connectivity index (χ2n) is 3.45. The SMILES string of the molecule is COc1cc(C(=O)C2COC2)ccc1Br. The van der Waals surface area contributed by atoms with Gasteiger partial charge in [0.05, 0.1) is 30.7 Å². The third kappa shape index (κ3) is 2.06. The van der Waals surface area contributed by atoms with E-state index in [-0.39, 0.29) is 11.7 Å². The van der Waals surface area contributed by atoms with Gasteiger partial charge in [0.2, 0.25) is 0 Å². The van der Waals surface area contributed by atoms with Gasteiger partial charge in [-0.15, -0.1) is 0 Å². The van der Waals surface area contributed by atoms with Gasteiger partial charge in [-0.3, -0.25) is 4.79 Å². The van der Waals surface area contributed by atoms with E-state index >= 15 is 0 Å². The molecule has 0 bridgehead atoms. The van der Waals surface area contributed by atoms with Crippen molar-refractivity contribution in [3.8, 4) is 5.75 Å². The Morgan fingerprint density at radius 2 is 2.27 bits per heavy atom. The van der Waals surface area contributed by atoms with E-state index in [9.17, 15) is 4.79 Å². The predicted octanol–water partition coefficient (Wildman–Crippen LogP) is 2.29. The molecule has 0 aromatic heterocycles. The van der Waals surface area contributed by atoms with Crippen molar-refractivity contribution in [1.29, 1.82) is 0 Å². The van der Waals surface area contributed by atoms with Gasteiger partial charge in [-0.2, -0.15) is 0 Å². The van der Waals surface area contributed by atoms with Crippen molar-refractivity contribution < 1.29 is 14.3 Å². The quantitative estimate of drug-likeness (QED) is 0.791. The Bertz CT molecular complexity index is 385. The van der Waals surface area contributed by atoms with E-state index in [1.54, 1.807) is 19.2 Å². The molecule has 0 aliphatic carbocycles. The summed E-state index contributed by atoms with van der Waals surface area (Å²) in [6.45, 7) is 1.08. The summed E-state index contributed by atoms with van der Waals surface area (Å²) >= 11 is 3.35. The van der Waals surface area contributed by atoms with Crippen LogP contribution in [0.15, 0.2) is 22.7 Å². The van der Waals surface area contributed by atoms with Gasteiger partial charge in [0.15, 0.2) is 5.78 Å². The van der Waals surface area contributed by atoms with Gasteiger partial charge in [-0.05, 0) is 28.1 Å². The first-order valence-corrected chi connectivity index (χ1v) is 5.47. The van der Waals surface area contributed by atoms with E-state index in [4.69, 9.17) is 9.47 Å². The molecule has 1 aliphatic heterocycles. The van der Waals surface area contributed by atoms with E-state index in [1.807, 2.05) is 6.07 Å². The van der Waals surface area contributed by atoms with Crippen LogP contribution in [0.5, 0.6) is 5.75 Å². The van der Waals surface area contributed by atoms with Crippen LogP contribution in [0.3, 0.4) is 0 Å². The van der Waals surface area contributed by atoms with Gasteiger partial charge in [-0.1, -0.05) is 6.07 Å². The first-order valence-electron chi connectivity index (χ1n) is 4.68. The fraction of sp³-hybridized carbons (Fsp3) is 0.364. The molecule has 0 atom stereocenters. The van der Waals surface area contributed by atoms with E-state index in [2.05, 4.69) is 15.9 Å². The average Bonchev–Trinajstić information content (AvgIpc) is 2.15. The molecule has 0 radical (unpaired) electrons. The van der Waals surface area contributed by atoms with E-state index in [1.165, 1.54) is 0 Å². The Labute approximate surface area is 96.5 Å². The molecule has 1 aromatic carbocycles. The summed E-state index contributed by atoms with van der Waals surface area (Å²) in [5, 5.41) is 0. The van der Waals surface area contributed by atoms with Crippen molar-refractivity contribution in [2.75, 3.05) is 20.3 Å². The van der Waals surface area contributed by atoms with Crippen molar-refractivity contribution in [1.82, 2.24) is 0 Å². The third-order valence-corrected chi connectivity index (χ3v) is 3.10. The lowest BCUT2D eigenvalue weighted by molar-refractivity contribution is -0.0194. The average molecular weight is 271 g/mol. The minimum absolute atomic E-state index is 0.0240. The van der Waals surface area contributed by atoms with Crippen molar-refractivity contribution in [3.63, 3.8) is 0 Å². The summed E-state index contributed by atoms with van der Waals surface area (Å²) < 4.78 is 11.0. The lowest BCUT2D eigenvalue weighted by Gasteiger charge is -2.24. The molecule has 3 nitrogen and oxygen atoms in total. The molecular formula is C11H11BrO3. The number of methoxy groups -OCH3 is 1. The Morgan fingerprint density at radius 1 is 1.53 bits per heavy atom. The van der Waals surface area contributed by atoms with Crippen LogP contribution in [0.2, 0.25) is 0 Å². The Hall–Kier alpha value is -0.870. The number of ketones is 1. The van der Waals surface area contributed by atoms with Crippen LogP contribution < -0.4 is 4.74 Å². The smallest absolute Gasteiger partial charge is 0.170 e. The maximum atomic E-state index is 11.9. The van der Waals surface area contributed by atoms with Gasteiger partial charge in [0.1, 0.15) is 5.75 Å². The van der Waals surface area contributed by atoms with Crippen molar-refractivity contribution in [2.45, 2.75) is 0 Å². The summed E-state index contributed by atoms with van der Waals surface area (Å²) in [6, 6.07) is 5.38. The number of carbonyl (C=O) groups excluding carboxylic acids is 1. The molecule has 1 aliphatic rings. The fourth-order valence-corrected chi connectivity index (χ4v) is 1.84. The summed E-state index contributed by atoms with van der Waals surface area (Å²) in [5.41, 5.74) is 0.684. The van der Waals surface area contributed by atoms with E-state index in [0.717, 1.165) is 4.47 Å². The monoisotopic (exact) mass is 270 g/mol. The number of halogens is 1.